The van der Waals surface area contributed by atoms with Crippen LogP contribution in [0.3, 0.4) is 0 Å². The average Bonchev–Trinajstić information content (AvgIpc) is 3.55. The summed E-state index contributed by atoms with van der Waals surface area (Å²) in [5.41, 5.74) is 29.4. The Hall–Kier alpha value is -6.78. The van der Waals surface area contributed by atoms with Gasteiger partial charge in [-0.15, -0.1) is 0 Å². The molecule has 0 N–H and O–H groups in total. The normalized spacial score (nSPS) is 19.1. The standard InChI is InChI=1S/C73H78BN3/c1-46-38-54-56(70(7,8)36-34-68(54,3)4)43-62(46)77-63-44-57-55(69(5,6)35-37-71(57,9)10)42-59(63)74-58-39-49(48-24-18-15-19-25-48)30-32-61(58)76(60-33-31-53-66(47(60)2)73(13,14)45-72(53,11)12)64-40-52(41-65(77)67(64)74)75(50-26-20-16-21-27-50)51-28-22-17-23-29-51/h15-33,38-44H,34-37,45H2,1-14H3. The van der Waals surface area contributed by atoms with E-state index >= 15 is 0 Å². The van der Waals surface area contributed by atoms with Gasteiger partial charge in [0, 0.05) is 45.5 Å². The molecule has 77 heavy (non-hydrogen) atoms. The summed E-state index contributed by atoms with van der Waals surface area (Å²) in [7, 11) is 0. The molecule has 13 rings (SSSR count). The van der Waals surface area contributed by atoms with E-state index in [0.717, 1.165) is 42.7 Å². The fraction of sp³-hybridized carbons (Fsp3) is 0.342. The van der Waals surface area contributed by atoms with Crippen LogP contribution in [0.2, 0.25) is 0 Å². The summed E-state index contributed by atoms with van der Waals surface area (Å²) in [4.78, 5) is 7.96. The van der Waals surface area contributed by atoms with Crippen molar-refractivity contribution in [1.29, 1.82) is 0 Å². The highest BCUT2D eigenvalue weighted by molar-refractivity contribution is 7.00. The van der Waals surface area contributed by atoms with Crippen LogP contribution in [0.25, 0.3) is 11.1 Å². The Kier molecular flexibility index (Phi) is 10.9. The van der Waals surface area contributed by atoms with E-state index in [-0.39, 0.29) is 39.2 Å². The summed E-state index contributed by atoms with van der Waals surface area (Å²) < 4.78 is 0. The monoisotopic (exact) mass is 1010 g/mol. The Bertz CT molecular complexity index is 3670. The van der Waals surface area contributed by atoms with Gasteiger partial charge in [0.1, 0.15) is 0 Å². The van der Waals surface area contributed by atoms with Gasteiger partial charge in [0.15, 0.2) is 0 Å². The first-order chi connectivity index (χ1) is 36.5. The molecular weight excluding hydrogens is 930 g/mol. The Morgan fingerprint density at radius 2 is 0.831 bits per heavy atom. The lowest BCUT2D eigenvalue weighted by Gasteiger charge is -2.48. The number of hydrogen-bond donors (Lipinski definition) is 0. The molecule has 0 radical (unpaired) electrons. The fourth-order valence-corrected chi connectivity index (χ4v) is 15.7. The minimum atomic E-state index is -0.0540. The van der Waals surface area contributed by atoms with Crippen molar-refractivity contribution in [2.24, 2.45) is 0 Å². The maximum absolute atomic E-state index is 2.76. The van der Waals surface area contributed by atoms with Crippen molar-refractivity contribution < 1.29 is 0 Å². The first kappa shape index (κ1) is 49.8. The molecule has 0 saturated heterocycles. The number of benzene rings is 8. The van der Waals surface area contributed by atoms with Crippen LogP contribution < -0.4 is 31.1 Å². The minimum absolute atomic E-state index is 0.00234. The molecule has 8 aromatic rings. The van der Waals surface area contributed by atoms with Gasteiger partial charge in [-0.1, -0.05) is 180 Å². The lowest BCUT2D eigenvalue weighted by molar-refractivity contribution is 0.331. The minimum Gasteiger partial charge on any atom is -0.311 e. The molecule has 2 heterocycles. The van der Waals surface area contributed by atoms with E-state index in [1.165, 1.54) is 113 Å². The number of rotatable bonds is 6. The number of anilines is 9. The van der Waals surface area contributed by atoms with Gasteiger partial charge >= 0.3 is 0 Å². The predicted octanol–water partition coefficient (Wildman–Crippen LogP) is 18.2. The van der Waals surface area contributed by atoms with Crippen LogP contribution in [-0.4, -0.2) is 6.71 Å². The summed E-state index contributed by atoms with van der Waals surface area (Å²) in [6.07, 6.45) is 5.75. The van der Waals surface area contributed by atoms with Gasteiger partial charge in [-0.25, -0.2) is 0 Å². The fourth-order valence-electron chi connectivity index (χ4n) is 15.7. The Balaban J connectivity index is 1.21. The summed E-state index contributed by atoms with van der Waals surface area (Å²) in [6.45, 7) is 34.5. The number of nitrogens with zero attached hydrogens (tertiary/aromatic N) is 3. The number of hydrogen-bond acceptors (Lipinski definition) is 3. The summed E-state index contributed by atoms with van der Waals surface area (Å²) in [6, 6.07) is 61.3. The van der Waals surface area contributed by atoms with Crippen LogP contribution in [0.15, 0.2) is 158 Å². The quantitative estimate of drug-likeness (QED) is 0.154. The Morgan fingerprint density at radius 3 is 1.39 bits per heavy atom. The zero-order valence-corrected chi connectivity index (χ0v) is 48.5. The van der Waals surface area contributed by atoms with Crippen LogP contribution in [0.4, 0.5) is 51.2 Å². The number of fused-ring (bicyclic) bond motifs is 7. The first-order valence-corrected chi connectivity index (χ1v) is 28.8. The second-order valence-electron chi connectivity index (χ2n) is 27.9. The SMILES string of the molecule is Cc1cc2c(cc1N1c3cc4c(cc3B3c5cc(-c6ccccc6)ccc5N(c5ccc6c(c5C)C(C)(C)CC6(C)C)c5cc(N(c6ccccc6)c6ccccc6)cc1c53)C(C)(C)CCC4(C)C)C(C)(C)CCC2(C)C. The van der Waals surface area contributed by atoms with Crippen molar-refractivity contribution in [3.05, 3.63) is 202 Å². The maximum atomic E-state index is 2.76. The van der Waals surface area contributed by atoms with Gasteiger partial charge in [0.25, 0.3) is 6.71 Å². The van der Waals surface area contributed by atoms with Crippen LogP contribution >= 0.6 is 0 Å². The van der Waals surface area contributed by atoms with Gasteiger partial charge in [0.2, 0.25) is 0 Å². The highest BCUT2D eigenvalue weighted by Crippen LogP contribution is 2.57. The maximum Gasteiger partial charge on any atom is 0.252 e. The van der Waals surface area contributed by atoms with Crippen LogP contribution in [0.5, 0.6) is 0 Å². The molecule has 8 aromatic carbocycles. The molecule has 0 spiro atoms. The van der Waals surface area contributed by atoms with Crippen molar-refractivity contribution in [1.82, 2.24) is 0 Å². The van der Waals surface area contributed by atoms with E-state index in [2.05, 4.69) is 269 Å². The smallest absolute Gasteiger partial charge is 0.252 e. The van der Waals surface area contributed by atoms with Crippen LogP contribution in [0.1, 0.15) is 160 Å². The molecule has 388 valence electrons. The Morgan fingerprint density at radius 1 is 0.364 bits per heavy atom. The highest BCUT2D eigenvalue weighted by atomic mass is 15.2. The van der Waals surface area contributed by atoms with Gasteiger partial charge in [-0.3, -0.25) is 0 Å². The first-order valence-electron chi connectivity index (χ1n) is 28.8. The summed E-state index contributed by atoms with van der Waals surface area (Å²) in [5.74, 6) is 0. The lowest BCUT2D eigenvalue weighted by atomic mass is 9.33. The molecule has 5 aliphatic rings. The molecule has 0 saturated carbocycles. The van der Waals surface area contributed by atoms with E-state index in [0.29, 0.717) is 0 Å². The Labute approximate surface area is 461 Å². The zero-order chi connectivity index (χ0) is 53.9. The van der Waals surface area contributed by atoms with Gasteiger partial charge in [0.05, 0.1) is 5.69 Å². The third-order valence-corrected chi connectivity index (χ3v) is 19.8. The highest BCUT2D eigenvalue weighted by Gasteiger charge is 2.49. The molecule has 3 aliphatic carbocycles. The number of aryl methyl sites for hydroxylation is 1. The summed E-state index contributed by atoms with van der Waals surface area (Å²) >= 11 is 0. The van der Waals surface area contributed by atoms with Gasteiger partial charge < -0.3 is 14.7 Å². The van der Waals surface area contributed by atoms with E-state index in [1.807, 2.05) is 0 Å². The van der Waals surface area contributed by atoms with Crippen molar-refractivity contribution in [3.8, 4) is 11.1 Å². The largest absolute Gasteiger partial charge is 0.311 e. The molecule has 2 aliphatic heterocycles. The second kappa shape index (κ2) is 16.9. The van der Waals surface area contributed by atoms with E-state index in [4.69, 9.17) is 0 Å². The van der Waals surface area contributed by atoms with E-state index in [9.17, 15) is 0 Å². The van der Waals surface area contributed by atoms with Gasteiger partial charge in [-0.05, 0) is 211 Å². The zero-order valence-electron chi connectivity index (χ0n) is 48.5. The molecule has 0 amide bonds. The van der Waals surface area contributed by atoms with Crippen molar-refractivity contribution in [2.75, 3.05) is 14.7 Å². The molecule has 0 unspecified atom stereocenters. The molecule has 0 fully saturated rings. The lowest BCUT2D eigenvalue weighted by Crippen LogP contribution is -2.62. The van der Waals surface area contributed by atoms with Gasteiger partial charge in [-0.2, -0.15) is 0 Å². The molecule has 3 nitrogen and oxygen atoms in total. The molecule has 0 bridgehead atoms. The molecule has 0 atom stereocenters. The molecular formula is C73H78BN3. The van der Waals surface area contributed by atoms with E-state index in [1.54, 1.807) is 0 Å². The topological polar surface area (TPSA) is 9.72 Å². The third kappa shape index (κ3) is 7.57. The molecule has 0 aromatic heterocycles. The number of para-hydroxylation sites is 2. The van der Waals surface area contributed by atoms with Crippen LogP contribution in [-0.2, 0) is 32.5 Å². The van der Waals surface area contributed by atoms with E-state index < -0.39 is 0 Å². The summed E-state index contributed by atoms with van der Waals surface area (Å²) in [5, 5.41) is 0. The average molecular weight is 1010 g/mol. The third-order valence-electron chi connectivity index (χ3n) is 19.8. The predicted molar refractivity (Wildman–Crippen MR) is 331 cm³/mol. The van der Waals surface area contributed by atoms with Crippen molar-refractivity contribution in [3.63, 3.8) is 0 Å². The van der Waals surface area contributed by atoms with Crippen molar-refractivity contribution >= 4 is 74.3 Å². The van der Waals surface area contributed by atoms with Crippen molar-refractivity contribution in [2.45, 2.75) is 162 Å². The van der Waals surface area contributed by atoms with Crippen LogP contribution in [0, 0.1) is 13.8 Å². The second-order valence-corrected chi connectivity index (χ2v) is 27.9. The molecule has 4 heteroatoms.